The standard InChI is InChI=1S/C26H27N3O2/c1-20-10-8-9-15-23(20)28-16-18-29(19-17-28)26(31)24(21-11-4-2-5-12-21)27-25(30)22-13-6-3-7-14-22/h2-15,24H,16-19H2,1H3,(H,27,30). The van der Waals surface area contributed by atoms with Crippen molar-refractivity contribution in [1.29, 1.82) is 0 Å². The van der Waals surface area contributed by atoms with Gasteiger partial charge in [0.25, 0.3) is 5.91 Å². The van der Waals surface area contributed by atoms with Crippen molar-refractivity contribution in [3.05, 3.63) is 102 Å². The number of nitrogens with one attached hydrogen (secondary N) is 1. The summed E-state index contributed by atoms with van der Waals surface area (Å²) in [6, 6.07) is 26.1. The number of rotatable bonds is 5. The van der Waals surface area contributed by atoms with E-state index in [0.717, 1.165) is 18.7 Å². The van der Waals surface area contributed by atoms with Crippen molar-refractivity contribution in [3.63, 3.8) is 0 Å². The first-order chi connectivity index (χ1) is 15.1. The third-order valence-electron chi connectivity index (χ3n) is 5.74. The Balaban J connectivity index is 1.49. The van der Waals surface area contributed by atoms with Crippen LogP contribution < -0.4 is 10.2 Å². The summed E-state index contributed by atoms with van der Waals surface area (Å²) in [5.41, 5.74) is 3.78. The first-order valence-electron chi connectivity index (χ1n) is 10.6. The lowest BCUT2D eigenvalue weighted by Crippen LogP contribution is -2.52. The molecule has 0 radical (unpaired) electrons. The summed E-state index contributed by atoms with van der Waals surface area (Å²) in [7, 11) is 0. The van der Waals surface area contributed by atoms with E-state index in [4.69, 9.17) is 0 Å². The third-order valence-corrected chi connectivity index (χ3v) is 5.74. The first-order valence-corrected chi connectivity index (χ1v) is 10.6. The van der Waals surface area contributed by atoms with Crippen molar-refractivity contribution in [2.75, 3.05) is 31.1 Å². The van der Waals surface area contributed by atoms with Crippen molar-refractivity contribution >= 4 is 17.5 Å². The fourth-order valence-electron chi connectivity index (χ4n) is 4.01. The largest absolute Gasteiger partial charge is 0.368 e. The number of nitrogens with zero attached hydrogens (tertiary/aromatic N) is 2. The minimum atomic E-state index is -0.709. The molecule has 2 amide bonds. The predicted octanol–water partition coefficient (Wildman–Crippen LogP) is 3.81. The Morgan fingerprint density at radius 3 is 2.00 bits per heavy atom. The number of para-hydroxylation sites is 1. The molecule has 0 aromatic heterocycles. The van der Waals surface area contributed by atoms with E-state index in [9.17, 15) is 9.59 Å². The fourth-order valence-corrected chi connectivity index (χ4v) is 4.01. The van der Waals surface area contributed by atoms with Gasteiger partial charge in [-0.25, -0.2) is 0 Å². The highest BCUT2D eigenvalue weighted by molar-refractivity contribution is 5.97. The maximum atomic E-state index is 13.5. The highest BCUT2D eigenvalue weighted by Gasteiger charge is 2.30. The van der Waals surface area contributed by atoms with Crippen molar-refractivity contribution in [1.82, 2.24) is 10.2 Å². The lowest BCUT2D eigenvalue weighted by atomic mass is 10.0. The summed E-state index contributed by atoms with van der Waals surface area (Å²) < 4.78 is 0. The van der Waals surface area contributed by atoms with Gasteiger partial charge in [0.1, 0.15) is 6.04 Å². The zero-order valence-corrected chi connectivity index (χ0v) is 17.7. The predicted molar refractivity (Wildman–Crippen MR) is 123 cm³/mol. The summed E-state index contributed by atoms with van der Waals surface area (Å²) in [5, 5.41) is 2.95. The first kappa shape index (κ1) is 20.7. The Morgan fingerprint density at radius 2 is 1.35 bits per heavy atom. The molecule has 5 nitrogen and oxygen atoms in total. The van der Waals surface area contributed by atoms with Crippen LogP contribution in [0.5, 0.6) is 0 Å². The second kappa shape index (κ2) is 9.47. The molecule has 0 bridgehead atoms. The maximum Gasteiger partial charge on any atom is 0.252 e. The van der Waals surface area contributed by atoms with Crippen molar-refractivity contribution in [3.8, 4) is 0 Å². The van der Waals surface area contributed by atoms with Crippen LogP contribution >= 0.6 is 0 Å². The lowest BCUT2D eigenvalue weighted by molar-refractivity contribution is -0.133. The Kier molecular flexibility index (Phi) is 6.32. The molecule has 5 heteroatoms. The Labute approximate surface area is 183 Å². The molecule has 1 fully saturated rings. The van der Waals surface area contributed by atoms with Gasteiger partial charge in [-0.05, 0) is 36.2 Å². The summed E-state index contributed by atoms with van der Waals surface area (Å²) in [6.45, 7) is 4.89. The number of benzene rings is 3. The number of piperazine rings is 1. The minimum Gasteiger partial charge on any atom is -0.368 e. The van der Waals surface area contributed by atoms with E-state index < -0.39 is 6.04 Å². The van der Waals surface area contributed by atoms with Gasteiger partial charge in [-0.15, -0.1) is 0 Å². The molecule has 1 heterocycles. The van der Waals surface area contributed by atoms with Crippen LogP contribution in [-0.4, -0.2) is 42.9 Å². The summed E-state index contributed by atoms with van der Waals surface area (Å²) in [5.74, 6) is -0.318. The van der Waals surface area contributed by atoms with Crippen LogP contribution in [0.4, 0.5) is 5.69 Å². The molecule has 1 saturated heterocycles. The Bertz CT molecular complexity index is 1030. The highest BCUT2D eigenvalue weighted by Crippen LogP contribution is 2.23. The van der Waals surface area contributed by atoms with Crippen molar-refractivity contribution in [2.45, 2.75) is 13.0 Å². The van der Waals surface area contributed by atoms with Gasteiger partial charge in [-0.2, -0.15) is 0 Å². The molecule has 0 spiro atoms. The number of carbonyl (C=O) groups excluding carboxylic acids is 2. The van der Waals surface area contributed by atoms with Gasteiger partial charge in [0.05, 0.1) is 0 Å². The van der Waals surface area contributed by atoms with E-state index in [-0.39, 0.29) is 11.8 Å². The Hall–Kier alpha value is -3.60. The second-order valence-corrected chi connectivity index (χ2v) is 7.78. The quantitative estimate of drug-likeness (QED) is 0.692. The van der Waals surface area contributed by atoms with Gasteiger partial charge in [0, 0.05) is 37.4 Å². The van der Waals surface area contributed by atoms with Crippen LogP contribution in [0.25, 0.3) is 0 Å². The van der Waals surface area contributed by atoms with Crippen LogP contribution in [0.3, 0.4) is 0 Å². The molecule has 1 N–H and O–H groups in total. The van der Waals surface area contributed by atoms with Gasteiger partial charge in [-0.1, -0.05) is 66.7 Å². The number of hydrogen-bond donors (Lipinski definition) is 1. The van der Waals surface area contributed by atoms with Crippen LogP contribution in [-0.2, 0) is 4.79 Å². The molecule has 3 aromatic rings. The van der Waals surface area contributed by atoms with Gasteiger partial charge >= 0.3 is 0 Å². The monoisotopic (exact) mass is 413 g/mol. The maximum absolute atomic E-state index is 13.5. The molecular weight excluding hydrogens is 386 g/mol. The van der Waals surface area contributed by atoms with E-state index in [1.807, 2.05) is 65.6 Å². The average molecular weight is 414 g/mol. The zero-order valence-electron chi connectivity index (χ0n) is 17.7. The van der Waals surface area contributed by atoms with E-state index >= 15 is 0 Å². The summed E-state index contributed by atoms with van der Waals surface area (Å²) >= 11 is 0. The van der Waals surface area contributed by atoms with Gasteiger partial charge in [0.2, 0.25) is 5.91 Å². The van der Waals surface area contributed by atoms with E-state index in [2.05, 4.69) is 29.3 Å². The molecule has 1 unspecified atom stereocenters. The van der Waals surface area contributed by atoms with Crippen LogP contribution in [0, 0.1) is 6.92 Å². The van der Waals surface area contributed by atoms with E-state index in [0.29, 0.717) is 18.7 Å². The number of anilines is 1. The molecule has 158 valence electrons. The number of aryl methyl sites for hydroxylation is 1. The molecule has 1 aliphatic heterocycles. The SMILES string of the molecule is Cc1ccccc1N1CCN(C(=O)C(NC(=O)c2ccccc2)c2ccccc2)CC1. The van der Waals surface area contributed by atoms with Gasteiger partial charge in [0.15, 0.2) is 0 Å². The molecule has 0 saturated carbocycles. The third kappa shape index (κ3) is 4.77. The minimum absolute atomic E-state index is 0.0695. The van der Waals surface area contributed by atoms with E-state index in [1.165, 1.54) is 11.3 Å². The normalized spacial score (nSPS) is 14.7. The fraction of sp³-hybridized carbons (Fsp3) is 0.231. The number of amides is 2. The lowest BCUT2D eigenvalue weighted by Gasteiger charge is -2.38. The van der Waals surface area contributed by atoms with Crippen molar-refractivity contribution < 1.29 is 9.59 Å². The highest BCUT2D eigenvalue weighted by atomic mass is 16.2. The molecule has 1 atom stereocenters. The molecular formula is C26H27N3O2. The average Bonchev–Trinajstić information content (AvgIpc) is 2.83. The molecule has 1 aliphatic rings. The second-order valence-electron chi connectivity index (χ2n) is 7.78. The molecule has 31 heavy (non-hydrogen) atoms. The van der Waals surface area contributed by atoms with Gasteiger partial charge in [-0.3, -0.25) is 9.59 Å². The number of hydrogen-bond acceptors (Lipinski definition) is 3. The van der Waals surface area contributed by atoms with Crippen molar-refractivity contribution in [2.24, 2.45) is 0 Å². The van der Waals surface area contributed by atoms with Crippen LogP contribution in [0.1, 0.15) is 27.5 Å². The summed E-state index contributed by atoms with van der Waals surface area (Å²) in [6.07, 6.45) is 0. The summed E-state index contributed by atoms with van der Waals surface area (Å²) in [4.78, 5) is 30.4. The van der Waals surface area contributed by atoms with Gasteiger partial charge < -0.3 is 15.1 Å². The smallest absolute Gasteiger partial charge is 0.252 e. The Morgan fingerprint density at radius 1 is 0.774 bits per heavy atom. The molecule has 4 rings (SSSR count). The molecule has 0 aliphatic carbocycles. The van der Waals surface area contributed by atoms with E-state index in [1.54, 1.807) is 12.1 Å². The van der Waals surface area contributed by atoms with Crippen LogP contribution in [0.2, 0.25) is 0 Å². The topological polar surface area (TPSA) is 52.6 Å². The van der Waals surface area contributed by atoms with Crippen LogP contribution in [0.15, 0.2) is 84.9 Å². The zero-order chi connectivity index (χ0) is 21.6. The number of carbonyl (C=O) groups is 2. The molecule has 3 aromatic carbocycles.